The molecule has 2 aromatic rings. The highest BCUT2D eigenvalue weighted by Gasteiger charge is 2.20. The van der Waals surface area contributed by atoms with Crippen LogP contribution in [0.4, 0.5) is 5.69 Å². The average Bonchev–Trinajstić information content (AvgIpc) is 2.59. The van der Waals surface area contributed by atoms with Gasteiger partial charge in [0.1, 0.15) is 0 Å². The van der Waals surface area contributed by atoms with E-state index in [0.717, 1.165) is 18.7 Å². The van der Waals surface area contributed by atoms with E-state index in [2.05, 4.69) is 17.4 Å². The van der Waals surface area contributed by atoms with E-state index in [0.29, 0.717) is 17.3 Å². The molecule has 120 valence electrons. The molecule has 0 aromatic heterocycles. The van der Waals surface area contributed by atoms with Crippen molar-refractivity contribution in [3.63, 3.8) is 0 Å². The van der Waals surface area contributed by atoms with Crippen LogP contribution in [0.1, 0.15) is 11.1 Å². The highest BCUT2D eigenvalue weighted by molar-refractivity contribution is 6.32. The SMILES string of the molecule is COc1c(Cl)cccc1NCC(=O)N1CCc2ccccc2C1. The number of anilines is 1. The van der Waals surface area contributed by atoms with E-state index in [1.807, 2.05) is 29.2 Å². The van der Waals surface area contributed by atoms with E-state index in [1.165, 1.54) is 11.1 Å². The van der Waals surface area contributed by atoms with Crippen LogP contribution >= 0.6 is 11.6 Å². The fraction of sp³-hybridized carbons (Fsp3) is 0.278. The maximum absolute atomic E-state index is 12.5. The van der Waals surface area contributed by atoms with Crippen molar-refractivity contribution < 1.29 is 9.53 Å². The van der Waals surface area contributed by atoms with Crippen LogP contribution in [0.25, 0.3) is 0 Å². The minimum absolute atomic E-state index is 0.0709. The molecule has 0 bridgehead atoms. The van der Waals surface area contributed by atoms with E-state index in [-0.39, 0.29) is 12.5 Å². The zero-order valence-corrected chi connectivity index (χ0v) is 13.8. The first kappa shape index (κ1) is 15.7. The number of benzene rings is 2. The molecule has 0 saturated carbocycles. The Morgan fingerprint density at radius 2 is 2.00 bits per heavy atom. The van der Waals surface area contributed by atoms with Crippen molar-refractivity contribution in [3.05, 3.63) is 58.6 Å². The van der Waals surface area contributed by atoms with Gasteiger partial charge < -0.3 is 15.0 Å². The first-order chi connectivity index (χ1) is 11.2. The summed E-state index contributed by atoms with van der Waals surface area (Å²) in [6.45, 7) is 1.65. The predicted molar refractivity (Wildman–Crippen MR) is 92.1 cm³/mol. The van der Waals surface area contributed by atoms with Gasteiger partial charge in [-0.2, -0.15) is 0 Å². The molecule has 23 heavy (non-hydrogen) atoms. The maximum Gasteiger partial charge on any atom is 0.242 e. The maximum atomic E-state index is 12.5. The third-order valence-electron chi connectivity index (χ3n) is 4.08. The summed E-state index contributed by atoms with van der Waals surface area (Å²) < 4.78 is 5.28. The normalized spacial score (nSPS) is 13.4. The van der Waals surface area contributed by atoms with Crippen LogP contribution in [0.5, 0.6) is 5.75 Å². The van der Waals surface area contributed by atoms with Crippen LogP contribution < -0.4 is 10.1 Å². The Morgan fingerprint density at radius 3 is 2.78 bits per heavy atom. The molecule has 4 nitrogen and oxygen atoms in total. The first-order valence-electron chi connectivity index (χ1n) is 7.60. The van der Waals surface area contributed by atoms with E-state index >= 15 is 0 Å². The number of ether oxygens (including phenoxy) is 1. The van der Waals surface area contributed by atoms with Crippen molar-refractivity contribution in [3.8, 4) is 5.75 Å². The molecule has 0 saturated heterocycles. The van der Waals surface area contributed by atoms with Gasteiger partial charge in [0.05, 0.1) is 24.4 Å². The van der Waals surface area contributed by atoms with Gasteiger partial charge in [-0.25, -0.2) is 0 Å². The number of carbonyl (C=O) groups excluding carboxylic acids is 1. The van der Waals surface area contributed by atoms with Crippen LogP contribution in [0.2, 0.25) is 5.02 Å². The molecule has 3 rings (SSSR count). The summed E-state index contributed by atoms with van der Waals surface area (Å²) >= 11 is 6.09. The number of nitrogens with zero attached hydrogens (tertiary/aromatic N) is 1. The van der Waals surface area contributed by atoms with Crippen LogP contribution in [-0.4, -0.2) is 31.0 Å². The summed E-state index contributed by atoms with van der Waals surface area (Å²) in [6, 6.07) is 13.7. The molecule has 1 aliphatic heterocycles. The summed E-state index contributed by atoms with van der Waals surface area (Å²) in [5, 5.41) is 3.65. The number of hydrogen-bond donors (Lipinski definition) is 1. The fourth-order valence-corrected chi connectivity index (χ4v) is 3.10. The first-order valence-corrected chi connectivity index (χ1v) is 7.98. The molecule has 2 aromatic carbocycles. The monoisotopic (exact) mass is 330 g/mol. The highest BCUT2D eigenvalue weighted by Crippen LogP contribution is 2.32. The number of halogens is 1. The Morgan fingerprint density at radius 1 is 1.22 bits per heavy atom. The highest BCUT2D eigenvalue weighted by atomic mass is 35.5. The lowest BCUT2D eigenvalue weighted by Gasteiger charge is -2.29. The Kier molecular flexibility index (Phi) is 4.72. The van der Waals surface area contributed by atoms with E-state index < -0.39 is 0 Å². The lowest BCUT2D eigenvalue weighted by atomic mass is 10.00. The van der Waals surface area contributed by atoms with Crippen molar-refractivity contribution in [2.75, 3.05) is 25.5 Å². The largest absolute Gasteiger partial charge is 0.493 e. The topological polar surface area (TPSA) is 41.6 Å². The third kappa shape index (κ3) is 3.42. The second-order valence-corrected chi connectivity index (χ2v) is 5.92. The molecular formula is C18H19ClN2O2. The third-order valence-corrected chi connectivity index (χ3v) is 4.38. The number of nitrogens with one attached hydrogen (secondary N) is 1. The van der Waals surface area contributed by atoms with Crippen molar-refractivity contribution in [1.82, 2.24) is 4.90 Å². The molecule has 0 atom stereocenters. The van der Waals surface area contributed by atoms with Gasteiger partial charge in [-0.1, -0.05) is 41.9 Å². The number of carbonyl (C=O) groups is 1. The number of hydrogen-bond acceptors (Lipinski definition) is 3. The lowest BCUT2D eigenvalue weighted by molar-refractivity contribution is -0.130. The van der Waals surface area contributed by atoms with Crippen LogP contribution in [0.3, 0.4) is 0 Å². The van der Waals surface area contributed by atoms with Crippen molar-refractivity contribution in [1.29, 1.82) is 0 Å². The second-order valence-electron chi connectivity index (χ2n) is 5.51. The zero-order valence-electron chi connectivity index (χ0n) is 13.0. The Hall–Kier alpha value is -2.20. The summed E-state index contributed by atoms with van der Waals surface area (Å²) in [5.41, 5.74) is 3.29. The number of fused-ring (bicyclic) bond motifs is 1. The van der Waals surface area contributed by atoms with Gasteiger partial charge in [0.15, 0.2) is 5.75 Å². The lowest BCUT2D eigenvalue weighted by Crippen LogP contribution is -2.39. The van der Waals surface area contributed by atoms with Gasteiger partial charge in [0, 0.05) is 13.1 Å². The van der Waals surface area contributed by atoms with Crippen molar-refractivity contribution in [2.45, 2.75) is 13.0 Å². The number of rotatable bonds is 4. The predicted octanol–water partition coefficient (Wildman–Crippen LogP) is 3.35. The van der Waals surface area contributed by atoms with E-state index in [4.69, 9.17) is 16.3 Å². The molecule has 1 amide bonds. The summed E-state index contributed by atoms with van der Waals surface area (Å²) in [4.78, 5) is 14.3. The molecule has 0 radical (unpaired) electrons. The molecular weight excluding hydrogens is 312 g/mol. The Bertz CT molecular complexity index is 718. The van der Waals surface area contributed by atoms with Gasteiger partial charge in [0.2, 0.25) is 5.91 Å². The number of methoxy groups -OCH3 is 1. The molecule has 0 fully saturated rings. The van der Waals surface area contributed by atoms with Gasteiger partial charge in [0.25, 0.3) is 0 Å². The van der Waals surface area contributed by atoms with Crippen LogP contribution in [0.15, 0.2) is 42.5 Å². The van der Waals surface area contributed by atoms with Crippen molar-refractivity contribution >= 4 is 23.2 Å². The minimum atomic E-state index is 0.0709. The number of para-hydroxylation sites is 1. The van der Waals surface area contributed by atoms with E-state index in [1.54, 1.807) is 13.2 Å². The van der Waals surface area contributed by atoms with E-state index in [9.17, 15) is 4.79 Å². The van der Waals surface area contributed by atoms with Gasteiger partial charge in [-0.15, -0.1) is 0 Å². The molecule has 1 heterocycles. The quantitative estimate of drug-likeness (QED) is 0.934. The summed E-state index contributed by atoms with van der Waals surface area (Å²) in [6.07, 6.45) is 0.905. The minimum Gasteiger partial charge on any atom is -0.493 e. The zero-order chi connectivity index (χ0) is 16.2. The summed E-state index contributed by atoms with van der Waals surface area (Å²) in [7, 11) is 1.57. The van der Waals surface area contributed by atoms with Crippen LogP contribution in [-0.2, 0) is 17.8 Å². The van der Waals surface area contributed by atoms with Crippen molar-refractivity contribution in [2.24, 2.45) is 0 Å². The standard InChI is InChI=1S/C18H19ClN2O2/c1-23-18-15(19)7-4-8-16(18)20-11-17(22)21-10-9-13-5-2-3-6-14(13)12-21/h2-8,20H,9-12H2,1H3. The second kappa shape index (κ2) is 6.92. The smallest absolute Gasteiger partial charge is 0.242 e. The molecule has 0 aliphatic carbocycles. The Balaban J connectivity index is 1.64. The fourth-order valence-electron chi connectivity index (χ4n) is 2.85. The molecule has 0 spiro atoms. The summed E-state index contributed by atoms with van der Waals surface area (Å²) in [5.74, 6) is 0.632. The average molecular weight is 331 g/mol. The Labute approximate surface area is 141 Å². The molecule has 0 unspecified atom stereocenters. The van der Waals surface area contributed by atoms with Gasteiger partial charge in [-0.3, -0.25) is 4.79 Å². The van der Waals surface area contributed by atoms with Gasteiger partial charge >= 0.3 is 0 Å². The molecule has 5 heteroatoms. The van der Waals surface area contributed by atoms with Crippen LogP contribution in [0, 0.1) is 0 Å². The van der Waals surface area contributed by atoms with Gasteiger partial charge in [-0.05, 0) is 29.7 Å². The molecule has 1 N–H and O–H groups in total. The molecule has 1 aliphatic rings. The number of amides is 1.